The Morgan fingerprint density at radius 2 is 1.57 bits per heavy atom. The van der Waals surface area contributed by atoms with Crippen LogP contribution in [0.5, 0.6) is 0 Å². The summed E-state index contributed by atoms with van der Waals surface area (Å²) in [5, 5.41) is 6.63. The predicted octanol–water partition coefficient (Wildman–Crippen LogP) is 4.73. The van der Waals surface area contributed by atoms with E-state index in [4.69, 9.17) is 11.6 Å². The fourth-order valence-electron chi connectivity index (χ4n) is 3.12. The normalized spacial score (nSPS) is 13.4. The largest absolute Gasteiger partial charge is 0.372 e. The van der Waals surface area contributed by atoms with Gasteiger partial charge in [0.1, 0.15) is 11.5 Å². The Balaban J connectivity index is 1.37. The van der Waals surface area contributed by atoms with Crippen molar-refractivity contribution < 1.29 is 4.79 Å². The summed E-state index contributed by atoms with van der Waals surface area (Å²) >= 11 is 5.88. The molecule has 2 N–H and O–H groups in total. The monoisotopic (exact) mass is 393 g/mol. The average molecular weight is 394 g/mol. The highest BCUT2D eigenvalue weighted by Crippen LogP contribution is 2.22. The van der Waals surface area contributed by atoms with Crippen molar-refractivity contribution in [2.75, 3.05) is 28.6 Å². The number of carbonyl (C=O) groups is 1. The molecule has 3 aromatic rings. The van der Waals surface area contributed by atoms with E-state index in [9.17, 15) is 4.79 Å². The van der Waals surface area contributed by atoms with Gasteiger partial charge in [-0.05, 0) is 61.4 Å². The Kier molecular flexibility index (Phi) is 5.39. The van der Waals surface area contributed by atoms with Crippen LogP contribution in [0.3, 0.4) is 0 Å². The molecule has 28 heavy (non-hydrogen) atoms. The van der Waals surface area contributed by atoms with Gasteiger partial charge in [0.25, 0.3) is 5.91 Å². The zero-order valence-electron chi connectivity index (χ0n) is 15.2. The van der Waals surface area contributed by atoms with Gasteiger partial charge in [0.2, 0.25) is 0 Å². The third kappa shape index (κ3) is 4.40. The van der Waals surface area contributed by atoms with Crippen LogP contribution in [0.25, 0.3) is 0 Å². The summed E-state index contributed by atoms with van der Waals surface area (Å²) in [7, 11) is 0. The molecule has 1 saturated heterocycles. The van der Waals surface area contributed by atoms with Crippen LogP contribution in [-0.2, 0) is 0 Å². The van der Waals surface area contributed by atoms with Crippen LogP contribution in [-0.4, -0.2) is 29.0 Å². The van der Waals surface area contributed by atoms with Crippen LogP contribution in [0.15, 0.2) is 60.9 Å². The molecule has 0 bridgehead atoms. The van der Waals surface area contributed by atoms with Crippen molar-refractivity contribution in [2.24, 2.45) is 0 Å². The van der Waals surface area contributed by atoms with Crippen molar-refractivity contribution in [1.29, 1.82) is 0 Å². The highest BCUT2D eigenvalue weighted by molar-refractivity contribution is 6.30. The van der Waals surface area contributed by atoms with Gasteiger partial charge in [0.05, 0.1) is 12.4 Å². The fourth-order valence-corrected chi connectivity index (χ4v) is 3.24. The van der Waals surface area contributed by atoms with E-state index in [1.54, 1.807) is 12.1 Å². The quantitative estimate of drug-likeness (QED) is 0.656. The topological polar surface area (TPSA) is 70.2 Å². The molecule has 1 aliphatic heterocycles. The third-order valence-corrected chi connectivity index (χ3v) is 4.85. The minimum Gasteiger partial charge on any atom is -0.372 e. The Bertz CT molecular complexity index is 936. The first-order valence-corrected chi connectivity index (χ1v) is 9.56. The number of hydrogen-bond acceptors (Lipinski definition) is 5. The maximum absolute atomic E-state index is 12.4. The molecule has 0 aliphatic carbocycles. The van der Waals surface area contributed by atoms with Crippen molar-refractivity contribution >= 4 is 40.4 Å². The summed E-state index contributed by atoms with van der Waals surface area (Å²) in [6.45, 7) is 2.19. The number of hydrogen-bond donors (Lipinski definition) is 2. The molecule has 142 valence electrons. The zero-order valence-corrected chi connectivity index (χ0v) is 16.0. The third-order valence-electron chi connectivity index (χ3n) is 4.60. The number of anilines is 4. The molecule has 1 fully saturated rings. The van der Waals surface area contributed by atoms with Gasteiger partial charge < -0.3 is 15.5 Å². The van der Waals surface area contributed by atoms with E-state index in [2.05, 4.69) is 25.5 Å². The van der Waals surface area contributed by atoms with Gasteiger partial charge in [-0.2, -0.15) is 0 Å². The van der Waals surface area contributed by atoms with Crippen LogP contribution in [0.2, 0.25) is 5.02 Å². The lowest BCUT2D eigenvalue weighted by molar-refractivity contribution is 0.102. The highest BCUT2D eigenvalue weighted by Gasteiger charge is 2.13. The summed E-state index contributed by atoms with van der Waals surface area (Å²) < 4.78 is 0. The Morgan fingerprint density at radius 1 is 0.893 bits per heavy atom. The van der Waals surface area contributed by atoms with E-state index in [-0.39, 0.29) is 11.6 Å². The van der Waals surface area contributed by atoms with Gasteiger partial charge in [0.15, 0.2) is 0 Å². The summed E-state index contributed by atoms with van der Waals surface area (Å²) in [6, 6.07) is 15.2. The number of amides is 1. The lowest BCUT2D eigenvalue weighted by atomic mass is 10.2. The molecule has 0 saturated carbocycles. The smallest absolute Gasteiger partial charge is 0.275 e. The molecular weight excluding hydrogens is 374 g/mol. The number of nitrogens with zero attached hydrogens (tertiary/aromatic N) is 3. The molecule has 2 heterocycles. The van der Waals surface area contributed by atoms with Gasteiger partial charge in [-0.3, -0.25) is 4.79 Å². The first-order valence-electron chi connectivity index (χ1n) is 9.18. The van der Waals surface area contributed by atoms with E-state index in [0.29, 0.717) is 10.8 Å². The van der Waals surface area contributed by atoms with Gasteiger partial charge >= 0.3 is 0 Å². The summed E-state index contributed by atoms with van der Waals surface area (Å²) in [6.07, 6.45) is 5.45. The lowest BCUT2D eigenvalue weighted by Crippen LogP contribution is -2.18. The van der Waals surface area contributed by atoms with E-state index < -0.39 is 0 Å². The van der Waals surface area contributed by atoms with Crippen LogP contribution in [0.4, 0.5) is 22.9 Å². The van der Waals surface area contributed by atoms with E-state index in [1.807, 2.05) is 36.4 Å². The predicted molar refractivity (Wildman–Crippen MR) is 113 cm³/mol. The SMILES string of the molecule is O=C(Nc1ccc(N2CCCC2)cc1)c1cnc(Nc2ccc(Cl)cc2)cn1. The number of benzene rings is 2. The Labute approximate surface area is 168 Å². The molecular formula is C21H20ClN5O. The number of carbonyl (C=O) groups excluding carboxylic acids is 1. The van der Waals surface area contributed by atoms with Crippen molar-refractivity contribution in [3.05, 3.63) is 71.6 Å². The molecule has 6 nitrogen and oxygen atoms in total. The van der Waals surface area contributed by atoms with Gasteiger partial charge in [-0.1, -0.05) is 11.6 Å². The van der Waals surface area contributed by atoms with E-state index in [0.717, 1.165) is 24.5 Å². The summed E-state index contributed by atoms with van der Waals surface area (Å²) in [4.78, 5) is 23.2. The molecule has 2 aromatic carbocycles. The molecule has 0 spiro atoms. The van der Waals surface area contributed by atoms with Crippen LogP contribution < -0.4 is 15.5 Å². The summed E-state index contributed by atoms with van der Waals surface area (Å²) in [5.41, 5.74) is 3.02. The first-order chi connectivity index (χ1) is 13.7. The number of aromatic nitrogens is 2. The maximum Gasteiger partial charge on any atom is 0.275 e. The van der Waals surface area contributed by atoms with Crippen molar-refractivity contribution in [2.45, 2.75) is 12.8 Å². The molecule has 1 aliphatic rings. The Hall–Kier alpha value is -3.12. The first kappa shape index (κ1) is 18.3. The van der Waals surface area contributed by atoms with Gasteiger partial charge in [-0.15, -0.1) is 0 Å². The molecule has 0 atom stereocenters. The number of rotatable bonds is 5. The highest BCUT2D eigenvalue weighted by atomic mass is 35.5. The number of nitrogens with one attached hydrogen (secondary N) is 2. The van der Waals surface area contributed by atoms with Gasteiger partial charge in [-0.25, -0.2) is 9.97 Å². The van der Waals surface area contributed by atoms with Crippen molar-refractivity contribution in [1.82, 2.24) is 9.97 Å². The second-order valence-electron chi connectivity index (χ2n) is 6.61. The molecule has 1 aromatic heterocycles. The van der Waals surface area contributed by atoms with Crippen LogP contribution >= 0.6 is 11.6 Å². The lowest BCUT2D eigenvalue weighted by Gasteiger charge is -2.17. The summed E-state index contributed by atoms with van der Waals surface area (Å²) in [5.74, 6) is 0.258. The number of halogens is 1. The molecule has 0 unspecified atom stereocenters. The standard InChI is InChI=1S/C21H20ClN5O/c22-15-3-5-16(6-4-15)25-20-14-23-19(13-24-20)21(28)26-17-7-9-18(10-8-17)27-11-1-2-12-27/h3-10,13-14H,1-2,11-12H2,(H,24,25)(H,26,28). The molecule has 7 heteroatoms. The van der Waals surface area contributed by atoms with E-state index >= 15 is 0 Å². The van der Waals surface area contributed by atoms with Gasteiger partial charge in [0, 0.05) is 35.2 Å². The van der Waals surface area contributed by atoms with Crippen LogP contribution in [0.1, 0.15) is 23.3 Å². The van der Waals surface area contributed by atoms with E-state index in [1.165, 1.54) is 30.9 Å². The minimum absolute atomic E-state index is 0.255. The Morgan fingerprint density at radius 3 is 2.21 bits per heavy atom. The molecule has 4 rings (SSSR count). The average Bonchev–Trinajstić information content (AvgIpc) is 3.26. The van der Waals surface area contributed by atoms with Crippen molar-refractivity contribution in [3.8, 4) is 0 Å². The van der Waals surface area contributed by atoms with Crippen LogP contribution in [0, 0.1) is 0 Å². The zero-order chi connectivity index (χ0) is 19.3. The minimum atomic E-state index is -0.292. The van der Waals surface area contributed by atoms with Crippen molar-refractivity contribution in [3.63, 3.8) is 0 Å². The fraction of sp³-hybridized carbons (Fsp3) is 0.190. The second kappa shape index (κ2) is 8.27. The molecule has 1 amide bonds. The second-order valence-corrected chi connectivity index (χ2v) is 7.05. The molecule has 0 radical (unpaired) electrons. The maximum atomic E-state index is 12.4.